The number of rotatable bonds is 44. The van der Waals surface area contributed by atoms with Crippen molar-refractivity contribution in [3.8, 4) is 0 Å². The second-order valence-corrected chi connectivity index (χ2v) is 15.8. The molecule has 53 heavy (non-hydrogen) atoms. The van der Waals surface area contributed by atoms with Crippen molar-refractivity contribution in [3.63, 3.8) is 0 Å². The van der Waals surface area contributed by atoms with E-state index in [9.17, 15) is 9.90 Å². The minimum absolute atomic E-state index is 0.172. The SMILES string of the molecule is CCCCC/C=C\C/C=C\CCCCCCCCCCOCC(CO)OC(=O)CCCCCCCCCCCCC/C=C\CCCCCCCCCC. The van der Waals surface area contributed by atoms with Gasteiger partial charge in [-0.15, -0.1) is 0 Å². The number of allylic oxidation sites excluding steroid dienone is 6. The van der Waals surface area contributed by atoms with E-state index in [1.807, 2.05) is 0 Å². The average molecular weight is 745 g/mol. The van der Waals surface area contributed by atoms with Gasteiger partial charge >= 0.3 is 5.97 Å². The van der Waals surface area contributed by atoms with Gasteiger partial charge in [-0.25, -0.2) is 0 Å². The third-order valence-electron chi connectivity index (χ3n) is 10.4. The van der Waals surface area contributed by atoms with Crippen LogP contribution in [0.1, 0.15) is 245 Å². The summed E-state index contributed by atoms with van der Waals surface area (Å²) in [5, 5.41) is 9.62. The first-order chi connectivity index (χ1) is 26.2. The molecule has 312 valence electrons. The summed E-state index contributed by atoms with van der Waals surface area (Å²) in [6.07, 6.45) is 59.3. The molecule has 1 unspecified atom stereocenters. The van der Waals surface area contributed by atoms with Crippen LogP contribution in [0.5, 0.6) is 0 Å². The zero-order valence-electron chi connectivity index (χ0n) is 35.8. The van der Waals surface area contributed by atoms with Crippen molar-refractivity contribution in [2.24, 2.45) is 0 Å². The van der Waals surface area contributed by atoms with E-state index < -0.39 is 6.10 Å². The summed E-state index contributed by atoms with van der Waals surface area (Å²) >= 11 is 0. The van der Waals surface area contributed by atoms with Gasteiger partial charge in [0.1, 0.15) is 6.10 Å². The highest BCUT2D eigenvalue weighted by molar-refractivity contribution is 5.69. The molecular weight excluding hydrogens is 653 g/mol. The fourth-order valence-electron chi connectivity index (χ4n) is 6.88. The largest absolute Gasteiger partial charge is 0.457 e. The molecule has 0 aliphatic heterocycles. The molecule has 1 atom stereocenters. The Labute approximate surface area is 331 Å². The van der Waals surface area contributed by atoms with Crippen LogP contribution < -0.4 is 0 Å². The maximum atomic E-state index is 12.2. The molecule has 1 N–H and O–H groups in total. The molecule has 4 nitrogen and oxygen atoms in total. The quantitative estimate of drug-likeness (QED) is 0.0383. The minimum atomic E-state index is -0.537. The molecule has 0 fully saturated rings. The van der Waals surface area contributed by atoms with E-state index in [0.29, 0.717) is 19.6 Å². The molecule has 0 aromatic rings. The molecule has 0 radical (unpaired) electrons. The summed E-state index contributed by atoms with van der Waals surface area (Å²) in [4.78, 5) is 12.2. The molecule has 0 heterocycles. The molecule has 0 saturated carbocycles. The van der Waals surface area contributed by atoms with E-state index in [1.165, 1.54) is 199 Å². The van der Waals surface area contributed by atoms with Gasteiger partial charge in [0.15, 0.2) is 0 Å². The van der Waals surface area contributed by atoms with Crippen LogP contribution in [0.4, 0.5) is 0 Å². The Morgan fingerprint density at radius 2 is 0.792 bits per heavy atom. The van der Waals surface area contributed by atoms with E-state index in [-0.39, 0.29) is 12.6 Å². The van der Waals surface area contributed by atoms with Crippen molar-refractivity contribution >= 4 is 5.97 Å². The normalized spacial score (nSPS) is 12.6. The number of ether oxygens (including phenoxy) is 2. The highest BCUT2D eigenvalue weighted by atomic mass is 16.6. The second-order valence-electron chi connectivity index (χ2n) is 15.8. The van der Waals surface area contributed by atoms with Gasteiger partial charge in [0.25, 0.3) is 0 Å². The van der Waals surface area contributed by atoms with Gasteiger partial charge in [0.2, 0.25) is 0 Å². The van der Waals surface area contributed by atoms with Crippen LogP contribution >= 0.6 is 0 Å². The fraction of sp³-hybridized carbons (Fsp3) is 0.857. The molecule has 0 aromatic carbocycles. The van der Waals surface area contributed by atoms with Gasteiger partial charge in [-0.3, -0.25) is 4.79 Å². The predicted molar refractivity (Wildman–Crippen MR) is 233 cm³/mol. The van der Waals surface area contributed by atoms with Crippen LogP contribution in [0.3, 0.4) is 0 Å². The summed E-state index contributed by atoms with van der Waals surface area (Å²) in [6.45, 7) is 5.34. The molecule has 0 amide bonds. The molecule has 0 aliphatic rings. The number of aliphatic hydroxyl groups is 1. The van der Waals surface area contributed by atoms with Crippen molar-refractivity contribution in [1.82, 2.24) is 0 Å². The lowest BCUT2D eigenvalue weighted by atomic mass is 10.0. The average Bonchev–Trinajstić information content (AvgIpc) is 3.16. The Kier molecular flexibility index (Phi) is 45.5. The first kappa shape index (κ1) is 51.6. The summed E-state index contributed by atoms with van der Waals surface area (Å²) < 4.78 is 11.2. The molecule has 4 heteroatoms. The highest BCUT2D eigenvalue weighted by Gasteiger charge is 2.13. The summed E-state index contributed by atoms with van der Waals surface area (Å²) in [5.41, 5.74) is 0. The highest BCUT2D eigenvalue weighted by Crippen LogP contribution is 2.15. The first-order valence-corrected chi connectivity index (χ1v) is 23.6. The summed E-state index contributed by atoms with van der Waals surface area (Å²) in [5.74, 6) is -0.201. The zero-order valence-corrected chi connectivity index (χ0v) is 35.8. The van der Waals surface area contributed by atoms with Crippen LogP contribution in [0.25, 0.3) is 0 Å². The van der Waals surface area contributed by atoms with Gasteiger partial charge in [0.05, 0.1) is 13.2 Å². The maximum absolute atomic E-state index is 12.2. The third kappa shape index (κ3) is 44.9. The lowest BCUT2D eigenvalue weighted by Crippen LogP contribution is -2.27. The van der Waals surface area contributed by atoms with E-state index in [2.05, 4.69) is 50.3 Å². The lowest BCUT2D eigenvalue weighted by molar-refractivity contribution is -0.154. The zero-order chi connectivity index (χ0) is 38.4. The number of hydrogen-bond acceptors (Lipinski definition) is 4. The number of carbonyl (C=O) groups is 1. The molecule has 0 rings (SSSR count). The van der Waals surface area contributed by atoms with Crippen molar-refractivity contribution in [2.75, 3.05) is 19.8 Å². The van der Waals surface area contributed by atoms with Crippen LogP contribution in [0.2, 0.25) is 0 Å². The van der Waals surface area contributed by atoms with Crippen LogP contribution in [0.15, 0.2) is 36.5 Å². The Balaban J connectivity index is 3.40. The topological polar surface area (TPSA) is 55.8 Å². The van der Waals surface area contributed by atoms with E-state index in [0.717, 1.165) is 25.7 Å². The predicted octanol–water partition coefficient (Wildman–Crippen LogP) is 15.7. The fourth-order valence-corrected chi connectivity index (χ4v) is 6.88. The smallest absolute Gasteiger partial charge is 0.306 e. The second kappa shape index (κ2) is 46.8. The summed E-state index contributed by atoms with van der Waals surface area (Å²) in [6, 6.07) is 0. The van der Waals surface area contributed by atoms with Crippen LogP contribution in [-0.4, -0.2) is 37.0 Å². The van der Waals surface area contributed by atoms with Crippen molar-refractivity contribution in [1.29, 1.82) is 0 Å². The molecule has 0 saturated heterocycles. The molecular formula is C49H92O4. The Morgan fingerprint density at radius 1 is 0.453 bits per heavy atom. The van der Waals surface area contributed by atoms with Gasteiger partial charge in [-0.1, -0.05) is 204 Å². The van der Waals surface area contributed by atoms with Gasteiger partial charge in [-0.05, 0) is 70.6 Å². The molecule has 0 bridgehead atoms. The standard InChI is InChI=1S/C49H92O4/c1-3-5-7-9-11-13-15-17-19-21-23-24-25-26-27-28-30-32-34-36-38-40-42-44-49(51)53-48(46-50)47-52-45-43-41-39-37-35-33-31-29-22-20-18-16-14-12-10-8-6-4-2/h12,14,18,20-21,23,48,50H,3-11,13,15-17,19,22,24-47H2,1-2H3/b14-12-,20-18-,23-21-. The number of unbranched alkanes of at least 4 members (excludes halogenated alkanes) is 30. The van der Waals surface area contributed by atoms with Gasteiger partial charge in [0, 0.05) is 13.0 Å². The van der Waals surface area contributed by atoms with Crippen molar-refractivity contribution in [3.05, 3.63) is 36.5 Å². The van der Waals surface area contributed by atoms with E-state index in [4.69, 9.17) is 9.47 Å². The number of carbonyl (C=O) groups excluding carboxylic acids is 1. The first-order valence-electron chi connectivity index (χ1n) is 23.6. The number of esters is 1. The Bertz CT molecular complexity index is 787. The Hall–Kier alpha value is -1.39. The molecule has 0 aromatic heterocycles. The number of hydrogen-bond donors (Lipinski definition) is 1. The minimum Gasteiger partial charge on any atom is -0.457 e. The van der Waals surface area contributed by atoms with Crippen molar-refractivity contribution in [2.45, 2.75) is 251 Å². The Morgan fingerprint density at radius 3 is 1.23 bits per heavy atom. The van der Waals surface area contributed by atoms with Crippen molar-refractivity contribution < 1.29 is 19.4 Å². The van der Waals surface area contributed by atoms with E-state index in [1.54, 1.807) is 0 Å². The lowest BCUT2D eigenvalue weighted by Gasteiger charge is -2.16. The molecule has 0 spiro atoms. The number of aliphatic hydroxyl groups excluding tert-OH is 1. The van der Waals surface area contributed by atoms with Gasteiger partial charge in [-0.2, -0.15) is 0 Å². The monoisotopic (exact) mass is 745 g/mol. The summed E-state index contributed by atoms with van der Waals surface area (Å²) in [7, 11) is 0. The van der Waals surface area contributed by atoms with Crippen LogP contribution in [-0.2, 0) is 14.3 Å². The molecule has 0 aliphatic carbocycles. The van der Waals surface area contributed by atoms with E-state index >= 15 is 0 Å². The van der Waals surface area contributed by atoms with Gasteiger partial charge < -0.3 is 14.6 Å². The van der Waals surface area contributed by atoms with Crippen LogP contribution in [0, 0.1) is 0 Å². The maximum Gasteiger partial charge on any atom is 0.306 e. The third-order valence-corrected chi connectivity index (χ3v) is 10.4.